The average molecular weight is 330 g/mol. The van der Waals surface area contributed by atoms with E-state index in [4.69, 9.17) is 4.74 Å². The fourth-order valence-corrected chi connectivity index (χ4v) is 1.80. The maximum absolute atomic E-state index is 11.8. The second kappa shape index (κ2) is 7.68. The Morgan fingerprint density at radius 1 is 1.50 bits per heavy atom. The molecule has 2 rings (SSSR count). The highest BCUT2D eigenvalue weighted by atomic mass is 16.6. The number of rotatable bonds is 6. The first-order valence-electron chi connectivity index (χ1n) is 6.91. The van der Waals surface area contributed by atoms with Crippen molar-refractivity contribution in [3.63, 3.8) is 0 Å². The van der Waals surface area contributed by atoms with Crippen molar-refractivity contribution in [3.05, 3.63) is 57.9 Å². The monoisotopic (exact) mass is 330 g/mol. The topological polar surface area (TPSA) is 127 Å². The lowest BCUT2D eigenvalue weighted by Gasteiger charge is -2.07. The van der Waals surface area contributed by atoms with Crippen LogP contribution >= 0.6 is 0 Å². The molecule has 0 radical (unpaired) electrons. The molecule has 0 saturated heterocycles. The summed E-state index contributed by atoms with van der Waals surface area (Å²) in [6, 6.07) is 7.04. The third kappa shape index (κ3) is 4.03. The second-order valence-electron chi connectivity index (χ2n) is 4.49. The highest BCUT2D eigenvalue weighted by molar-refractivity contribution is 5.93. The molecule has 2 aromatic rings. The zero-order valence-corrected chi connectivity index (χ0v) is 12.7. The number of hydrogen-bond acceptors (Lipinski definition) is 7. The Kier molecular flexibility index (Phi) is 5.40. The van der Waals surface area contributed by atoms with Crippen LogP contribution in [0.5, 0.6) is 11.5 Å². The molecule has 1 aromatic carbocycles. The van der Waals surface area contributed by atoms with Gasteiger partial charge in [0.1, 0.15) is 5.69 Å². The van der Waals surface area contributed by atoms with Gasteiger partial charge >= 0.3 is 0 Å². The molecule has 0 unspecified atom stereocenters. The number of ether oxygens (including phenoxy) is 1. The molecule has 124 valence electrons. The van der Waals surface area contributed by atoms with Crippen molar-refractivity contribution in [3.8, 4) is 11.5 Å². The van der Waals surface area contributed by atoms with E-state index in [-0.39, 0.29) is 35.1 Å². The lowest BCUT2D eigenvalue weighted by molar-refractivity contribution is -0.385. The maximum atomic E-state index is 11.8. The molecule has 9 nitrogen and oxygen atoms in total. The predicted molar refractivity (Wildman–Crippen MR) is 85.2 cm³/mol. The van der Waals surface area contributed by atoms with Gasteiger partial charge in [-0.15, -0.1) is 0 Å². The van der Waals surface area contributed by atoms with E-state index >= 15 is 0 Å². The summed E-state index contributed by atoms with van der Waals surface area (Å²) in [4.78, 5) is 25.9. The van der Waals surface area contributed by atoms with Crippen LogP contribution in [0.15, 0.2) is 41.6 Å². The number of carbonyl (C=O) groups excluding carboxylic acids is 1. The molecule has 0 spiro atoms. The number of aromatic nitrogens is 1. The van der Waals surface area contributed by atoms with E-state index in [0.29, 0.717) is 0 Å². The van der Waals surface area contributed by atoms with Crippen LogP contribution in [0, 0.1) is 10.1 Å². The number of nitrogens with zero attached hydrogens (tertiary/aromatic N) is 3. The molecule has 1 amide bonds. The minimum absolute atomic E-state index is 0.0361. The Morgan fingerprint density at radius 2 is 2.29 bits per heavy atom. The van der Waals surface area contributed by atoms with Gasteiger partial charge in [-0.3, -0.25) is 19.9 Å². The van der Waals surface area contributed by atoms with E-state index in [1.165, 1.54) is 12.3 Å². The molecule has 0 aliphatic heterocycles. The number of aromatic hydroxyl groups is 1. The highest BCUT2D eigenvalue weighted by Crippen LogP contribution is 2.33. The van der Waals surface area contributed by atoms with Crippen LogP contribution in [0.3, 0.4) is 0 Å². The van der Waals surface area contributed by atoms with Crippen LogP contribution < -0.4 is 10.2 Å². The summed E-state index contributed by atoms with van der Waals surface area (Å²) in [7, 11) is 0. The maximum Gasteiger partial charge on any atom is 0.289 e. The van der Waals surface area contributed by atoms with Gasteiger partial charge in [0.25, 0.3) is 11.6 Å². The summed E-state index contributed by atoms with van der Waals surface area (Å²) in [6.45, 7) is 1.90. The minimum Gasteiger partial charge on any atom is -0.504 e. The Morgan fingerprint density at radius 3 is 2.92 bits per heavy atom. The number of non-ortho nitro benzene ring substituents is 1. The number of pyridine rings is 1. The Bertz CT molecular complexity index is 777. The first kappa shape index (κ1) is 16.9. The molecule has 0 atom stereocenters. The Balaban J connectivity index is 2.21. The van der Waals surface area contributed by atoms with Gasteiger partial charge < -0.3 is 9.84 Å². The number of hydrazone groups is 1. The molecule has 0 aliphatic rings. The predicted octanol–water partition coefficient (Wildman–Crippen LogP) is 1.86. The van der Waals surface area contributed by atoms with E-state index in [9.17, 15) is 20.0 Å². The van der Waals surface area contributed by atoms with Gasteiger partial charge in [0.2, 0.25) is 0 Å². The molecule has 1 aromatic heterocycles. The van der Waals surface area contributed by atoms with Crippen LogP contribution in [-0.2, 0) is 0 Å². The van der Waals surface area contributed by atoms with E-state index < -0.39 is 10.8 Å². The van der Waals surface area contributed by atoms with Gasteiger partial charge in [0.15, 0.2) is 11.5 Å². The zero-order valence-electron chi connectivity index (χ0n) is 12.7. The number of amides is 1. The number of hydrogen-bond donors (Lipinski definition) is 2. The van der Waals surface area contributed by atoms with Crippen LogP contribution in [-0.4, -0.2) is 33.7 Å². The highest BCUT2D eigenvalue weighted by Gasteiger charge is 2.16. The molecule has 0 aliphatic carbocycles. The third-order valence-electron chi connectivity index (χ3n) is 2.87. The van der Waals surface area contributed by atoms with Gasteiger partial charge in [0.05, 0.1) is 23.8 Å². The third-order valence-corrected chi connectivity index (χ3v) is 2.87. The number of nitro benzene ring substituents is 1. The summed E-state index contributed by atoms with van der Waals surface area (Å²) >= 11 is 0. The van der Waals surface area contributed by atoms with E-state index in [0.717, 1.165) is 18.3 Å². The van der Waals surface area contributed by atoms with Crippen LogP contribution in [0.25, 0.3) is 0 Å². The number of phenolic OH excluding ortho intramolecular Hbond substituents is 1. The van der Waals surface area contributed by atoms with Gasteiger partial charge in [-0.25, -0.2) is 5.43 Å². The van der Waals surface area contributed by atoms with E-state index in [2.05, 4.69) is 15.5 Å². The molecule has 0 saturated carbocycles. The molecule has 0 bridgehead atoms. The summed E-state index contributed by atoms with van der Waals surface area (Å²) in [5, 5.41) is 24.7. The average Bonchev–Trinajstić information content (AvgIpc) is 2.58. The summed E-state index contributed by atoms with van der Waals surface area (Å²) in [5.41, 5.74) is 2.15. The smallest absolute Gasteiger partial charge is 0.289 e. The van der Waals surface area contributed by atoms with Crippen LogP contribution in [0.2, 0.25) is 0 Å². The van der Waals surface area contributed by atoms with Gasteiger partial charge in [-0.05, 0) is 19.1 Å². The molecular weight excluding hydrogens is 316 g/mol. The Hall–Kier alpha value is -3.49. The van der Waals surface area contributed by atoms with Crippen LogP contribution in [0.1, 0.15) is 23.0 Å². The van der Waals surface area contributed by atoms with E-state index in [1.54, 1.807) is 19.1 Å². The molecule has 24 heavy (non-hydrogen) atoms. The largest absolute Gasteiger partial charge is 0.504 e. The van der Waals surface area contributed by atoms with E-state index in [1.807, 2.05) is 0 Å². The minimum atomic E-state index is -0.619. The van der Waals surface area contributed by atoms with Crippen molar-refractivity contribution >= 4 is 17.8 Å². The second-order valence-corrected chi connectivity index (χ2v) is 4.49. The summed E-state index contributed by atoms with van der Waals surface area (Å²) in [5.74, 6) is -0.899. The number of carbonyl (C=O) groups is 1. The number of nitro groups is 1. The standard InChI is InChI=1S/C15H14N4O5/c1-2-24-13-8-11(19(22)23)7-10(14(13)20)9-17-18-15(21)12-5-3-4-6-16-12/h3-9,20H,2H2,1H3,(H,18,21). The van der Waals surface area contributed by atoms with Crippen LogP contribution in [0.4, 0.5) is 5.69 Å². The summed E-state index contributed by atoms with van der Waals surface area (Å²) in [6.07, 6.45) is 2.55. The fourth-order valence-electron chi connectivity index (χ4n) is 1.80. The van der Waals surface area contributed by atoms with Crippen molar-refractivity contribution in [2.75, 3.05) is 6.61 Å². The quantitative estimate of drug-likeness (QED) is 0.473. The first-order valence-corrected chi connectivity index (χ1v) is 6.91. The molecule has 2 N–H and O–H groups in total. The van der Waals surface area contributed by atoms with Crippen molar-refractivity contribution in [1.29, 1.82) is 0 Å². The van der Waals surface area contributed by atoms with Gasteiger partial charge in [-0.1, -0.05) is 6.07 Å². The summed E-state index contributed by atoms with van der Waals surface area (Å²) < 4.78 is 5.15. The van der Waals surface area contributed by atoms with Crippen molar-refractivity contribution in [2.45, 2.75) is 6.92 Å². The number of phenols is 1. The molecule has 9 heteroatoms. The lowest BCUT2D eigenvalue weighted by atomic mass is 10.1. The molecule has 0 fully saturated rings. The zero-order chi connectivity index (χ0) is 17.5. The normalized spacial score (nSPS) is 10.5. The van der Waals surface area contributed by atoms with Crippen molar-refractivity contribution < 1.29 is 19.6 Å². The first-order chi connectivity index (χ1) is 11.5. The molecule has 1 heterocycles. The van der Waals surface area contributed by atoms with Gasteiger partial charge in [0, 0.05) is 17.8 Å². The fraction of sp³-hybridized carbons (Fsp3) is 0.133. The number of benzene rings is 1. The van der Waals surface area contributed by atoms with Crippen molar-refractivity contribution in [2.24, 2.45) is 5.10 Å². The van der Waals surface area contributed by atoms with Gasteiger partial charge in [-0.2, -0.15) is 5.10 Å². The Labute approximate surface area is 136 Å². The molecular formula is C15H14N4O5. The number of nitrogens with one attached hydrogen (secondary N) is 1. The lowest BCUT2D eigenvalue weighted by Crippen LogP contribution is -2.18. The SMILES string of the molecule is CCOc1cc([N+](=O)[O-])cc(C=NNC(=O)c2ccccn2)c1O. The van der Waals surface area contributed by atoms with Crippen molar-refractivity contribution in [1.82, 2.24) is 10.4 Å².